The molecule has 0 aliphatic carbocycles. The summed E-state index contributed by atoms with van der Waals surface area (Å²) < 4.78 is 35.0. The van der Waals surface area contributed by atoms with Crippen molar-refractivity contribution in [1.29, 1.82) is 0 Å². The zero-order valence-corrected chi connectivity index (χ0v) is 17.0. The molecule has 0 fully saturated rings. The van der Waals surface area contributed by atoms with E-state index in [2.05, 4.69) is 4.99 Å². The molecule has 0 atom stereocenters. The minimum atomic E-state index is -0.839. The summed E-state index contributed by atoms with van der Waals surface area (Å²) in [5.41, 5.74) is 0.383. The van der Waals surface area contributed by atoms with Crippen LogP contribution in [0.2, 0.25) is 0 Å². The Morgan fingerprint density at radius 1 is 1.26 bits per heavy atom. The predicted molar refractivity (Wildman–Crippen MR) is 105 cm³/mol. The second-order valence-corrected chi connectivity index (χ2v) is 7.58. The number of thiazole rings is 1. The third-order valence-electron chi connectivity index (χ3n) is 3.59. The van der Waals surface area contributed by atoms with E-state index in [1.807, 2.05) is 22.6 Å². The SMILES string of the molecule is CCOC(=O)Cn1c(=NC(=O)c2ccccc2I)sc2cc(F)cc(F)c21. The van der Waals surface area contributed by atoms with E-state index in [9.17, 15) is 18.4 Å². The first-order chi connectivity index (χ1) is 12.9. The number of fused-ring (bicyclic) bond motifs is 1. The molecule has 5 nitrogen and oxygen atoms in total. The highest BCUT2D eigenvalue weighted by Gasteiger charge is 2.17. The molecule has 0 bridgehead atoms. The van der Waals surface area contributed by atoms with E-state index in [-0.39, 0.29) is 28.2 Å². The molecular formula is C18H13F2IN2O3S. The maximum absolute atomic E-state index is 14.3. The van der Waals surface area contributed by atoms with Crippen molar-refractivity contribution in [3.05, 3.63) is 62.0 Å². The first-order valence-electron chi connectivity index (χ1n) is 7.88. The molecule has 9 heteroatoms. The Hall–Kier alpha value is -2.14. The summed E-state index contributed by atoms with van der Waals surface area (Å²) in [6, 6.07) is 8.74. The monoisotopic (exact) mass is 502 g/mol. The number of carbonyl (C=O) groups is 2. The largest absolute Gasteiger partial charge is 0.465 e. The van der Waals surface area contributed by atoms with E-state index in [4.69, 9.17) is 4.74 Å². The van der Waals surface area contributed by atoms with Crippen molar-refractivity contribution in [2.45, 2.75) is 13.5 Å². The lowest BCUT2D eigenvalue weighted by atomic mass is 10.2. The van der Waals surface area contributed by atoms with Gasteiger partial charge in [0.05, 0.1) is 22.4 Å². The van der Waals surface area contributed by atoms with Crippen molar-refractivity contribution in [1.82, 2.24) is 4.57 Å². The van der Waals surface area contributed by atoms with Gasteiger partial charge in [0.25, 0.3) is 5.91 Å². The van der Waals surface area contributed by atoms with Gasteiger partial charge in [-0.05, 0) is 47.7 Å². The summed E-state index contributed by atoms with van der Waals surface area (Å²) in [6.45, 7) is 1.47. The fourth-order valence-corrected chi connectivity index (χ4v) is 4.16. The average Bonchev–Trinajstić information content (AvgIpc) is 2.92. The van der Waals surface area contributed by atoms with Crippen molar-refractivity contribution in [2.24, 2.45) is 4.99 Å². The summed E-state index contributed by atoms with van der Waals surface area (Å²) in [4.78, 5) is 28.6. The van der Waals surface area contributed by atoms with Gasteiger partial charge in [0.2, 0.25) is 0 Å². The molecule has 0 unspecified atom stereocenters. The normalized spacial score (nSPS) is 11.8. The number of halogens is 3. The van der Waals surface area contributed by atoms with E-state index in [0.717, 1.165) is 23.5 Å². The van der Waals surface area contributed by atoms with Gasteiger partial charge in [-0.1, -0.05) is 23.5 Å². The molecular weight excluding hydrogens is 489 g/mol. The molecule has 3 rings (SSSR count). The highest BCUT2D eigenvalue weighted by molar-refractivity contribution is 14.1. The molecule has 0 saturated heterocycles. The fourth-order valence-electron chi connectivity index (χ4n) is 2.48. The maximum Gasteiger partial charge on any atom is 0.326 e. The van der Waals surface area contributed by atoms with Gasteiger partial charge in [0.15, 0.2) is 10.6 Å². The summed E-state index contributed by atoms with van der Waals surface area (Å²) in [5, 5.41) is 0. The number of hydrogen-bond donors (Lipinski definition) is 0. The first kappa shape index (κ1) is 19.6. The van der Waals surface area contributed by atoms with Crippen LogP contribution >= 0.6 is 33.9 Å². The lowest BCUT2D eigenvalue weighted by molar-refractivity contribution is -0.143. The summed E-state index contributed by atoms with van der Waals surface area (Å²) in [5.74, 6) is -2.73. The minimum Gasteiger partial charge on any atom is -0.465 e. The third kappa shape index (κ3) is 4.24. The Labute approximate surface area is 170 Å². The number of amides is 1. The highest BCUT2D eigenvalue weighted by Crippen LogP contribution is 2.22. The summed E-state index contributed by atoms with van der Waals surface area (Å²) >= 11 is 2.94. The molecule has 2 aromatic carbocycles. The molecule has 1 amide bonds. The van der Waals surface area contributed by atoms with Crippen molar-refractivity contribution >= 4 is 56.0 Å². The molecule has 1 heterocycles. The molecule has 0 aliphatic rings. The quantitative estimate of drug-likeness (QED) is 0.402. The van der Waals surface area contributed by atoms with Gasteiger partial charge in [0, 0.05) is 9.64 Å². The van der Waals surface area contributed by atoms with Gasteiger partial charge in [0.1, 0.15) is 12.4 Å². The highest BCUT2D eigenvalue weighted by atomic mass is 127. The van der Waals surface area contributed by atoms with Crippen molar-refractivity contribution in [3.63, 3.8) is 0 Å². The zero-order valence-electron chi connectivity index (χ0n) is 14.0. The van der Waals surface area contributed by atoms with Crippen LogP contribution < -0.4 is 4.80 Å². The van der Waals surface area contributed by atoms with Crippen LogP contribution in [-0.2, 0) is 16.1 Å². The van der Waals surface area contributed by atoms with E-state index in [1.165, 1.54) is 4.57 Å². The van der Waals surface area contributed by atoms with E-state index in [0.29, 0.717) is 9.13 Å². The van der Waals surface area contributed by atoms with Crippen molar-refractivity contribution < 1.29 is 23.1 Å². The van der Waals surface area contributed by atoms with Crippen LogP contribution in [0.4, 0.5) is 8.78 Å². The standard InChI is InChI=1S/C18H13F2IN2O3S/c1-2-26-15(24)9-23-16-12(20)7-10(19)8-14(16)27-18(23)22-17(25)11-5-3-4-6-13(11)21/h3-8H,2,9H2,1H3. The second-order valence-electron chi connectivity index (χ2n) is 5.41. The lowest BCUT2D eigenvalue weighted by Crippen LogP contribution is -2.23. The Balaban J connectivity index is 2.19. The lowest BCUT2D eigenvalue weighted by Gasteiger charge is -2.06. The Bertz CT molecular complexity index is 1110. The maximum atomic E-state index is 14.3. The summed E-state index contributed by atoms with van der Waals surface area (Å²) in [6.07, 6.45) is 0. The Morgan fingerprint density at radius 2 is 2.00 bits per heavy atom. The van der Waals surface area contributed by atoms with E-state index in [1.54, 1.807) is 31.2 Å². The molecule has 0 saturated carbocycles. The molecule has 3 aromatic rings. The van der Waals surface area contributed by atoms with Gasteiger partial charge in [-0.15, -0.1) is 0 Å². The van der Waals surface area contributed by atoms with Crippen LogP contribution in [0.25, 0.3) is 10.2 Å². The number of ether oxygens (including phenoxy) is 1. The van der Waals surface area contributed by atoms with Gasteiger partial charge in [-0.2, -0.15) is 4.99 Å². The Morgan fingerprint density at radius 3 is 2.70 bits per heavy atom. The molecule has 140 valence electrons. The minimum absolute atomic E-state index is 0.00348. The van der Waals surface area contributed by atoms with Crippen molar-refractivity contribution in [3.8, 4) is 0 Å². The van der Waals surface area contributed by atoms with Crippen LogP contribution in [0.3, 0.4) is 0 Å². The molecule has 0 radical (unpaired) electrons. The third-order valence-corrected chi connectivity index (χ3v) is 5.56. The van der Waals surface area contributed by atoms with Crippen LogP contribution in [0.5, 0.6) is 0 Å². The average molecular weight is 502 g/mol. The molecule has 0 aliphatic heterocycles. The topological polar surface area (TPSA) is 60.7 Å². The smallest absolute Gasteiger partial charge is 0.326 e. The van der Waals surface area contributed by atoms with Crippen LogP contribution in [0, 0.1) is 15.2 Å². The van der Waals surface area contributed by atoms with Gasteiger partial charge in [-0.25, -0.2) is 8.78 Å². The van der Waals surface area contributed by atoms with Crippen LogP contribution in [0.15, 0.2) is 41.4 Å². The van der Waals surface area contributed by atoms with Gasteiger partial charge < -0.3 is 9.30 Å². The number of carbonyl (C=O) groups excluding carboxylic acids is 2. The van der Waals surface area contributed by atoms with E-state index >= 15 is 0 Å². The zero-order chi connectivity index (χ0) is 19.6. The predicted octanol–water partition coefficient (Wildman–Crippen LogP) is 3.89. The second kappa shape index (κ2) is 8.26. The molecule has 27 heavy (non-hydrogen) atoms. The number of benzene rings is 2. The van der Waals surface area contributed by atoms with Gasteiger partial charge in [-0.3, -0.25) is 9.59 Å². The number of aromatic nitrogens is 1. The van der Waals surface area contributed by atoms with Crippen LogP contribution in [0.1, 0.15) is 17.3 Å². The summed E-state index contributed by atoms with van der Waals surface area (Å²) in [7, 11) is 0. The van der Waals surface area contributed by atoms with Gasteiger partial charge >= 0.3 is 5.97 Å². The number of rotatable bonds is 4. The number of hydrogen-bond acceptors (Lipinski definition) is 4. The number of esters is 1. The molecule has 0 N–H and O–H groups in total. The first-order valence-corrected chi connectivity index (χ1v) is 9.77. The Kier molecular flexibility index (Phi) is 6.00. The molecule has 1 aromatic heterocycles. The van der Waals surface area contributed by atoms with Crippen molar-refractivity contribution in [2.75, 3.05) is 6.61 Å². The number of nitrogens with zero attached hydrogens (tertiary/aromatic N) is 2. The molecule has 0 spiro atoms. The van der Waals surface area contributed by atoms with E-state index < -0.39 is 23.5 Å². The fraction of sp³-hybridized carbons (Fsp3) is 0.167. The van der Waals surface area contributed by atoms with Crippen LogP contribution in [-0.4, -0.2) is 23.1 Å².